The number of benzene rings is 2. The lowest BCUT2D eigenvalue weighted by atomic mass is 9.98. The van der Waals surface area contributed by atoms with E-state index in [0.717, 1.165) is 22.0 Å². The van der Waals surface area contributed by atoms with Gasteiger partial charge in [-0.3, -0.25) is 4.72 Å². The lowest BCUT2D eigenvalue weighted by Gasteiger charge is -2.14. The van der Waals surface area contributed by atoms with Crippen LogP contribution in [0.2, 0.25) is 5.02 Å². The fourth-order valence-electron chi connectivity index (χ4n) is 3.10. The highest BCUT2D eigenvalue weighted by Crippen LogP contribution is 2.43. The molecule has 6 nitrogen and oxygen atoms in total. The summed E-state index contributed by atoms with van der Waals surface area (Å²) in [5.74, 6) is -1.96. The first kappa shape index (κ1) is 24.2. The Morgan fingerprint density at radius 1 is 1.09 bits per heavy atom. The molecule has 0 unspecified atom stereocenters. The van der Waals surface area contributed by atoms with E-state index in [1.54, 1.807) is 24.4 Å². The number of anilines is 1. The third kappa shape index (κ3) is 4.79. The van der Waals surface area contributed by atoms with Gasteiger partial charge in [0.15, 0.2) is 0 Å². The Morgan fingerprint density at radius 3 is 2.53 bits per heavy atom. The molecule has 0 fully saturated rings. The van der Waals surface area contributed by atoms with Gasteiger partial charge in [0.25, 0.3) is 10.0 Å². The SMILES string of the molecule is CC(C)(C)c1nc(-c2cccc(NS(=O)(=O)c3cc(F)ccc3F)c2Cl)c(-c2ccncn2)s1. The molecule has 0 saturated heterocycles. The average Bonchev–Trinajstić information content (AvgIpc) is 3.23. The van der Waals surface area contributed by atoms with Crippen molar-refractivity contribution < 1.29 is 17.2 Å². The van der Waals surface area contributed by atoms with Crippen molar-refractivity contribution >= 4 is 38.6 Å². The Kier molecular flexibility index (Phi) is 6.41. The summed E-state index contributed by atoms with van der Waals surface area (Å²) in [7, 11) is -4.46. The van der Waals surface area contributed by atoms with Gasteiger partial charge >= 0.3 is 0 Å². The van der Waals surface area contributed by atoms with E-state index in [-0.39, 0.29) is 16.1 Å². The normalized spacial score (nSPS) is 12.1. The Balaban J connectivity index is 1.83. The maximum Gasteiger partial charge on any atom is 0.264 e. The molecule has 0 aliphatic heterocycles. The fourth-order valence-corrected chi connectivity index (χ4v) is 5.69. The topological polar surface area (TPSA) is 84.8 Å². The quantitative estimate of drug-likeness (QED) is 0.334. The van der Waals surface area contributed by atoms with Gasteiger partial charge in [0.2, 0.25) is 0 Å². The molecule has 0 radical (unpaired) electrons. The zero-order valence-corrected chi connectivity index (χ0v) is 20.7. The van der Waals surface area contributed by atoms with Gasteiger partial charge in [-0.05, 0) is 30.3 Å². The number of rotatable bonds is 5. The van der Waals surface area contributed by atoms with Crippen LogP contribution in [0.15, 0.2) is 59.9 Å². The van der Waals surface area contributed by atoms with Crippen LogP contribution in [-0.2, 0) is 15.4 Å². The molecule has 0 amide bonds. The van der Waals surface area contributed by atoms with Crippen molar-refractivity contribution in [2.45, 2.75) is 31.1 Å². The molecule has 0 aliphatic carbocycles. The van der Waals surface area contributed by atoms with Crippen LogP contribution in [0.25, 0.3) is 21.8 Å². The van der Waals surface area contributed by atoms with Crippen molar-refractivity contribution in [3.8, 4) is 21.8 Å². The lowest BCUT2D eigenvalue weighted by molar-refractivity contribution is 0.555. The van der Waals surface area contributed by atoms with E-state index in [1.165, 1.54) is 23.7 Å². The number of nitrogens with zero attached hydrogens (tertiary/aromatic N) is 3. The van der Waals surface area contributed by atoms with Crippen LogP contribution >= 0.6 is 22.9 Å². The second-order valence-corrected chi connectivity index (χ2v) is 11.4. The zero-order valence-electron chi connectivity index (χ0n) is 18.3. The van der Waals surface area contributed by atoms with Crippen LogP contribution in [-0.4, -0.2) is 23.4 Å². The van der Waals surface area contributed by atoms with Gasteiger partial charge in [-0.25, -0.2) is 32.2 Å². The van der Waals surface area contributed by atoms with Gasteiger partial charge in [-0.1, -0.05) is 44.5 Å². The number of hydrogen-bond donors (Lipinski definition) is 1. The van der Waals surface area contributed by atoms with E-state index < -0.39 is 26.6 Å². The van der Waals surface area contributed by atoms with Crippen molar-refractivity contribution in [2.24, 2.45) is 0 Å². The predicted octanol–water partition coefficient (Wildman–Crippen LogP) is 6.30. The fraction of sp³-hybridized carbons (Fsp3) is 0.174. The van der Waals surface area contributed by atoms with Gasteiger partial charge in [-0.2, -0.15) is 0 Å². The molecule has 34 heavy (non-hydrogen) atoms. The van der Waals surface area contributed by atoms with Crippen LogP contribution in [0.4, 0.5) is 14.5 Å². The minimum atomic E-state index is -4.46. The van der Waals surface area contributed by atoms with Gasteiger partial charge in [0, 0.05) is 17.2 Å². The maximum atomic E-state index is 14.1. The van der Waals surface area contributed by atoms with E-state index in [1.807, 2.05) is 20.8 Å². The van der Waals surface area contributed by atoms with Gasteiger partial charge in [0.05, 0.1) is 32.0 Å². The molecule has 2 aromatic carbocycles. The predicted molar refractivity (Wildman–Crippen MR) is 129 cm³/mol. The summed E-state index contributed by atoms with van der Waals surface area (Å²) in [6, 6.07) is 8.68. The van der Waals surface area contributed by atoms with Crippen molar-refractivity contribution in [3.63, 3.8) is 0 Å². The first-order valence-electron chi connectivity index (χ1n) is 10.0. The highest BCUT2D eigenvalue weighted by atomic mass is 35.5. The molecule has 0 saturated carbocycles. The minimum absolute atomic E-state index is 0.00164. The number of nitrogens with one attached hydrogen (secondary N) is 1. The summed E-state index contributed by atoms with van der Waals surface area (Å²) in [5, 5.41) is 0.893. The van der Waals surface area contributed by atoms with E-state index in [2.05, 4.69) is 14.7 Å². The number of halogens is 3. The first-order valence-corrected chi connectivity index (χ1v) is 12.7. The molecule has 2 heterocycles. The van der Waals surface area contributed by atoms with Crippen LogP contribution < -0.4 is 4.72 Å². The second kappa shape index (κ2) is 9.01. The zero-order chi connectivity index (χ0) is 24.7. The first-order chi connectivity index (χ1) is 16.0. The van der Waals surface area contributed by atoms with Crippen LogP contribution in [0.1, 0.15) is 25.8 Å². The molecule has 4 aromatic rings. The Hall–Kier alpha value is -2.95. The molecule has 2 aromatic heterocycles. The Morgan fingerprint density at radius 2 is 1.85 bits per heavy atom. The highest BCUT2D eigenvalue weighted by Gasteiger charge is 2.26. The molecule has 0 spiro atoms. The third-order valence-corrected chi connectivity index (χ3v) is 8.06. The molecule has 0 bridgehead atoms. The number of sulfonamides is 1. The molecular weight excluding hydrogens is 502 g/mol. The minimum Gasteiger partial charge on any atom is -0.278 e. The Labute approximate surface area is 204 Å². The standard InChI is InChI=1S/C23H19ClF2N4O2S2/c1-23(2,3)22-29-20(21(33-22)17-9-10-27-12-28-17)14-5-4-6-16(19(14)24)30-34(31,32)18-11-13(25)7-8-15(18)26/h4-12,30H,1-3H3. The average molecular weight is 521 g/mol. The largest absolute Gasteiger partial charge is 0.278 e. The van der Waals surface area contributed by atoms with E-state index >= 15 is 0 Å². The van der Waals surface area contributed by atoms with Crippen LogP contribution in [0.5, 0.6) is 0 Å². The summed E-state index contributed by atoms with van der Waals surface area (Å²) in [6.45, 7) is 6.08. The molecule has 176 valence electrons. The summed E-state index contributed by atoms with van der Waals surface area (Å²) in [4.78, 5) is 13.0. The van der Waals surface area contributed by atoms with Gasteiger partial charge < -0.3 is 0 Å². The molecule has 0 atom stereocenters. The smallest absolute Gasteiger partial charge is 0.264 e. The van der Waals surface area contributed by atoms with Crippen LogP contribution in [0.3, 0.4) is 0 Å². The molecule has 4 rings (SSSR count). The van der Waals surface area contributed by atoms with Crippen molar-refractivity contribution in [3.05, 3.63) is 76.7 Å². The van der Waals surface area contributed by atoms with Crippen molar-refractivity contribution in [2.75, 3.05) is 4.72 Å². The molecule has 11 heteroatoms. The Bertz CT molecular complexity index is 1470. The van der Waals surface area contributed by atoms with Crippen molar-refractivity contribution in [1.82, 2.24) is 15.0 Å². The van der Waals surface area contributed by atoms with Crippen molar-refractivity contribution in [1.29, 1.82) is 0 Å². The molecular formula is C23H19ClF2N4O2S2. The van der Waals surface area contributed by atoms with Gasteiger partial charge in [-0.15, -0.1) is 11.3 Å². The lowest BCUT2D eigenvalue weighted by Crippen LogP contribution is -2.15. The molecule has 1 N–H and O–H groups in total. The second-order valence-electron chi connectivity index (χ2n) is 8.39. The monoisotopic (exact) mass is 520 g/mol. The summed E-state index contributed by atoms with van der Waals surface area (Å²) in [6.07, 6.45) is 3.04. The van der Waals surface area contributed by atoms with E-state index in [9.17, 15) is 17.2 Å². The summed E-state index contributed by atoms with van der Waals surface area (Å²) >= 11 is 8.08. The summed E-state index contributed by atoms with van der Waals surface area (Å²) in [5.41, 5.74) is 1.37. The van der Waals surface area contributed by atoms with E-state index in [0.29, 0.717) is 23.0 Å². The van der Waals surface area contributed by atoms with Gasteiger partial charge in [0.1, 0.15) is 22.9 Å². The summed E-state index contributed by atoms with van der Waals surface area (Å²) < 4.78 is 55.6. The third-order valence-electron chi connectivity index (χ3n) is 4.76. The number of aromatic nitrogens is 3. The van der Waals surface area contributed by atoms with Crippen LogP contribution in [0, 0.1) is 11.6 Å². The number of thiazole rings is 1. The van der Waals surface area contributed by atoms with E-state index in [4.69, 9.17) is 16.6 Å². The number of hydrogen-bond acceptors (Lipinski definition) is 6. The molecule has 0 aliphatic rings. The highest BCUT2D eigenvalue weighted by molar-refractivity contribution is 7.92. The maximum absolute atomic E-state index is 14.1.